The lowest BCUT2D eigenvalue weighted by molar-refractivity contribution is 0.457. The van der Waals surface area contributed by atoms with Crippen molar-refractivity contribution in [2.75, 3.05) is 12.3 Å². The van der Waals surface area contributed by atoms with Crippen LogP contribution in [-0.4, -0.2) is 15.0 Å². The quantitative estimate of drug-likeness (QED) is 0.810. The number of nitrogen functional groups attached to an aromatic ring is 1. The van der Waals surface area contributed by atoms with Crippen molar-refractivity contribution < 1.29 is 8.42 Å². The molecule has 0 heterocycles. The molecule has 0 aromatic heterocycles. The highest BCUT2D eigenvalue weighted by Crippen LogP contribution is 2.67. The minimum absolute atomic E-state index is 0.155. The molecule has 0 bridgehead atoms. The van der Waals surface area contributed by atoms with Gasteiger partial charge in [-0.2, -0.15) is 0 Å². The first-order valence-electron chi connectivity index (χ1n) is 6.55. The number of nitrogens with one attached hydrogen (secondary N) is 1. The number of benzene rings is 1. The maximum absolute atomic E-state index is 12.4. The Balaban J connectivity index is 2.16. The molecular weight excluding hydrogens is 340 g/mol. The predicted molar refractivity (Wildman–Crippen MR) is 84.8 cm³/mol. The molecular formula is C14H21BrN2O2S. The molecule has 0 radical (unpaired) electrons. The highest BCUT2D eigenvalue weighted by atomic mass is 79.9. The van der Waals surface area contributed by atoms with Crippen LogP contribution in [0.1, 0.15) is 27.7 Å². The van der Waals surface area contributed by atoms with Gasteiger partial charge in [0.15, 0.2) is 0 Å². The van der Waals surface area contributed by atoms with E-state index in [1.807, 2.05) is 0 Å². The molecule has 112 valence electrons. The molecule has 1 aliphatic carbocycles. The molecule has 4 nitrogen and oxygen atoms in total. The lowest BCUT2D eigenvalue weighted by Gasteiger charge is -2.10. The lowest BCUT2D eigenvalue weighted by Crippen LogP contribution is -2.27. The highest BCUT2D eigenvalue weighted by Gasteiger charge is 2.64. The van der Waals surface area contributed by atoms with Crippen LogP contribution < -0.4 is 10.5 Å². The molecule has 1 aromatic rings. The topological polar surface area (TPSA) is 72.2 Å². The maximum atomic E-state index is 12.4. The smallest absolute Gasteiger partial charge is 0.241 e. The van der Waals surface area contributed by atoms with Gasteiger partial charge < -0.3 is 5.73 Å². The van der Waals surface area contributed by atoms with Crippen LogP contribution in [0.3, 0.4) is 0 Å². The summed E-state index contributed by atoms with van der Waals surface area (Å²) in [5, 5.41) is 0. The fourth-order valence-corrected chi connectivity index (χ4v) is 4.88. The van der Waals surface area contributed by atoms with E-state index >= 15 is 0 Å². The number of sulfonamides is 1. The minimum Gasteiger partial charge on any atom is -0.399 e. The number of nitrogens with two attached hydrogens (primary N) is 1. The van der Waals surface area contributed by atoms with E-state index in [9.17, 15) is 8.42 Å². The summed E-state index contributed by atoms with van der Waals surface area (Å²) in [6.07, 6.45) is 0. The van der Waals surface area contributed by atoms with E-state index in [4.69, 9.17) is 5.73 Å². The molecule has 20 heavy (non-hydrogen) atoms. The maximum Gasteiger partial charge on any atom is 0.241 e. The second-order valence-electron chi connectivity index (χ2n) is 6.54. The van der Waals surface area contributed by atoms with Gasteiger partial charge in [0, 0.05) is 16.7 Å². The van der Waals surface area contributed by atoms with Gasteiger partial charge in [-0.05, 0) is 50.9 Å². The predicted octanol–water partition coefficient (Wildman–Crippen LogP) is 2.99. The molecule has 1 aromatic carbocycles. The van der Waals surface area contributed by atoms with E-state index in [0.29, 0.717) is 22.6 Å². The van der Waals surface area contributed by atoms with E-state index in [1.165, 1.54) is 6.07 Å². The van der Waals surface area contributed by atoms with Gasteiger partial charge in [-0.3, -0.25) is 0 Å². The Morgan fingerprint density at radius 2 is 1.80 bits per heavy atom. The van der Waals surface area contributed by atoms with Gasteiger partial charge in [-0.1, -0.05) is 27.7 Å². The summed E-state index contributed by atoms with van der Waals surface area (Å²) < 4.78 is 28.0. The van der Waals surface area contributed by atoms with Gasteiger partial charge in [-0.25, -0.2) is 13.1 Å². The van der Waals surface area contributed by atoms with Crippen LogP contribution in [0, 0.1) is 16.7 Å². The second kappa shape index (κ2) is 4.71. The largest absolute Gasteiger partial charge is 0.399 e. The molecule has 1 saturated carbocycles. The normalized spacial score (nSPS) is 20.9. The molecule has 6 heteroatoms. The van der Waals surface area contributed by atoms with Gasteiger partial charge >= 0.3 is 0 Å². The molecule has 0 atom stereocenters. The van der Waals surface area contributed by atoms with Crippen molar-refractivity contribution in [3.63, 3.8) is 0 Å². The van der Waals surface area contributed by atoms with Crippen LogP contribution in [0.15, 0.2) is 27.6 Å². The minimum atomic E-state index is -3.55. The zero-order chi connectivity index (χ0) is 15.3. The standard InChI is InChI=1S/C14H21BrN2O2S/c1-13(2)12(14(13,3)4)8-17-20(18,19)11-7-9(16)5-6-10(11)15/h5-7,12,17H,8,16H2,1-4H3. The molecule has 0 spiro atoms. The van der Waals surface area contributed by atoms with Crippen LogP contribution in [0.4, 0.5) is 5.69 Å². The van der Waals surface area contributed by atoms with E-state index in [0.717, 1.165) is 0 Å². The number of hydrogen-bond donors (Lipinski definition) is 2. The molecule has 0 saturated heterocycles. The Kier molecular flexibility index (Phi) is 3.72. The third kappa shape index (κ3) is 2.49. The van der Waals surface area contributed by atoms with E-state index < -0.39 is 10.0 Å². The van der Waals surface area contributed by atoms with Crippen LogP contribution in [0.25, 0.3) is 0 Å². The van der Waals surface area contributed by atoms with Crippen molar-refractivity contribution in [2.45, 2.75) is 32.6 Å². The van der Waals surface area contributed by atoms with E-state index in [-0.39, 0.29) is 15.7 Å². The van der Waals surface area contributed by atoms with Crippen LogP contribution >= 0.6 is 15.9 Å². The average molecular weight is 361 g/mol. The van der Waals surface area contributed by atoms with E-state index in [1.54, 1.807) is 12.1 Å². The summed E-state index contributed by atoms with van der Waals surface area (Å²) in [6, 6.07) is 4.78. The van der Waals surface area contributed by atoms with Gasteiger partial charge in [0.25, 0.3) is 0 Å². The van der Waals surface area contributed by atoms with E-state index in [2.05, 4.69) is 48.3 Å². The summed E-state index contributed by atoms with van der Waals surface area (Å²) in [5.41, 5.74) is 6.41. The molecule has 2 rings (SSSR count). The van der Waals surface area contributed by atoms with Crippen molar-refractivity contribution in [3.05, 3.63) is 22.7 Å². The molecule has 3 N–H and O–H groups in total. The van der Waals surface area contributed by atoms with Gasteiger partial charge in [0.05, 0.1) is 4.90 Å². The second-order valence-corrected chi connectivity index (χ2v) is 9.13. The zero-order valence-corrected chi connectivity index (χ0v) is 14.6. The Bertz CT molecular complexity index is 625. The average Bonchev–Trinajstić information content (AvgIpc) is 2.70. The van der Waals surface area contributed by atoms with Crippen molar-refractivity contribution in [3.8, 4) is 0 Å². The summed E-state index contributed by atoms with van der Waals surface area (Å²) in [5.74, 6) is 0.338. The fraction of sp³-hybridized carbons (Fsp3) is 0.571. The Hall–Kier alpha value is -0.590. The first kappa shape index (κ1) is 15.8. The first-order chi connectivity index (χ1) is 9.00. The van der Waals surface area contributed by atoms with Gasteiger partial charge in [0.1, 0.15) is 0 Å². The van der Waals surface area contributed by atoms with Crippen LogP contribution in [0.2, 0.25) is 0 Å². The zero-order valence-electron chi connectivity index (χ0n) is 12.2. The number of halogens is 1. The van der Waals surface area contributed by atoms with Crippen LogP contribution in [-0.2, 0) is 10.0 Å². The summed E-state index contributed by atoms with van der Waals surface area (Å²) >= 11 is 3.26. The molecule has 0 unspecified atom stereocenters. The Morgan fingerprint density at radius 1 is 1.25 bits per heavy atom. The van der Waals surface area contributed by atoms with Gasteiger partial charge in [0.2, 0.25) is 10.0 Å². The van der Waals surface area contributed by atoms with Crippen molar-refractivity contribution in [1.29, 1.82) is 0 Å². The SMILES string of the molecule is CC1(C)C(CNS(=O)(=O)c2cc(N)ccc2Br)C1(C)C. The number of rotatable bonds is 4. The third-order valence-electron chi connectivity index (χ3n) is 5.04. The number of hydrogen-bond acceptors (Lipinski definition) is 3. The monoisotopic (exact) mass is 360 g/mol. The molecule has 1 aliphatic rings. The summed E-state index contributed by atoms with van der Waals surface area (Å²) in [7, 11) is -3.55. The third-order valence-corrected chi connectivity index (χ3v) is 7.46. The van der Waals surface area contributed by atoms with Gasteiger partial charge in [-0.15, -0.1) is 0 Å². The van der Waals surface area contributed by atoms with Crippen molar-refractivity contribution in [1.82, 2.24) is 4.72 Å². The first-order valence-corrected chi connectivity index (χ1v) is 8.82. The van der Waals surface area contributed by atoms with Crippen molar-refractivity contribution in [2.24, 2.45) is 16.7 Å². The summed E-state index contributed by atoms with van der Waals surface area (Å²) in [6.45, 7) is 9.12. The molecule has 0 aliphatic heterocycles. The van der Waals surface area contributed by atoms with Crippen LogP contribution in [0.5, 0.6) is 0 Å². The summed E-state index contributed by atoms with van der Waals surface area (Å²) in [4.78, 5) is 0.189. The Morgan fingerprint density at radius 3 is 2.30 bits per heavy atom. The lowest BCUT2D eigenvalue weighted by atomic mass is 10.0. The number of anilines is 1. The Labute approximate surface area is 129 Å². The van der Waals surface area contributed by atoms with Crippen molar-refractivity contribution >= 4 is 31.6 Å². The molecule has 1 fully saturated rings. The fourth-order valence-electron chi connectivity index (χ4n) is 2.84. The molecule has 0 amide bonds. The highest BCUT2D eigenvalue weighted by molar-refractivity contribution is 9.10.